The number of hydrogen-bond donors (Lipinski definition) is 1. The number of ether oxygens (including phenoxy) is 1. The third-order valence-corrected chi connectivity index (χ3v) is 9.21. The topological polar surface area (TPSA) is 101 Å². The van der Waals surface area contributed by atoms with Crippen LogP contribution in [0.25, 0.3) is 22.2 Å². The van der Waals surface area contributed by atoms with Gasteiger partial charge in [-0.3, -0.25) is 24.7 Å². The summed E-state index contributed by atoms with van der Waals surface area (Å²) in [6.45, 7) is 3.79. The Balaban J connectivity index is 1.50. The molecule has 2 saturated heterocycles. The highest BCUT2D eigenvalue weighted by atomic mass is 19.4. The maximum atomic E-state index is 14.5. The van der Waals surface area contributed by atoms with Gasteiger partial charge in [0.15, 0.2) is 6.04 Å². The van der Waals surface area contributed by atoms with Crippen molar-refractivity contribution in [3.05, 3.63) is 105 Å². The van der Waals surface area contributed by atoms with Gasteiger partial charge >= 0.3 is 12.4 Å². The SMILES string of the molecule is O=C(NC(c1ccccc1)C(F)(F)F)c1c(CN2CCC(N3CCOCC3)CC2)c(-c2cccc(C(F)(F)F)c2)nc2ccc([N+](=O)[O-])cc12. The molecule has 9 nitrogen and oxygen atoms in total. The Bertz CT molecular complexity index is 1860. The van der Waals surface area contributed by atoms with Crippen LogP contribution in [0.1, 0.15) is 45.9 Å². The second-order valence-electron chi connectivity index (χ2n) is 12.4. The minimum absolute atomic E-state index is 0.00814. The molecule has 15 heteroatoms. The zero-order valence-corrected chi connectivity index (χ0v) is 26.6. The van der Waals surface area contributed by atoms with Gasteiger partial charge < -0.3 is 10.1 Å². The fourth-order valence-corrected chi connectivity index (χ4v) is 6.71. The lowest BCUT2D eigenvalue weighted by atomic mass is 9.93. The molecule has 0 radical (unpaired) electrons. The van der Waals surface area contributed by atoms with Crippen molar-refractivity contribution < 1.29 is 40.8 Å². The van der Waals surface area contributed by atoms with E-state index in [9.17, 15) is 41.3 Å². The summed E-state index contributed by atoms with van der Waals surface area (Å²) in [4.78, 5) is 34.3. The van der Waals surface area contributed by atoms with Crippen molar-refractivity contribution in [2.75, 3.05) is 39.4 Å². The van der Waals surface area contributed by atoms with Gasteiger partial charge in [-0.2, -0.15) is 26.3 Å². The van der Waals surface area contributed by atoms with Gasteiger partial charge in [0.2, 0.25) is 0 Å². The molecule has 3 aromatic carbocycles. The molecule has 1 aromatic heterocycles. The number of hydrogen-bond acceptors (Lipinski definition) is 7. The average Bonchev–Trinajstić information content (AvgIpc) is 3.10. The monoisotopic (exact) mass is 701 g/mol. The van der Waals surface area contributed by atoms with E-state index in [1.165, 1.54) is 48.5 Å². The number of nitro groups is 1. The second kappa shape index (κ2) is 14.3. The number of morpholine rings is 1. The van der Waals surface area contributed by atoms with Gasteiger partial charge in [-0.05, 0) is 49.7 Å². The maximum Gasteiger partial charge on any atom is 0.416 e. The summed E-state index contributed by atoms with van der Waals surface area (Å²) in [6, 6.07) is 12.3. The van der Waals surface area contributed by atoms with Crippen LogP contribution in [0.2, 0.25) is 0 Å². The molecule has 1 N–H and O–H groups in total. The number of amides is 1. The quantitative estimate of drug-likeness (QED) is 0.118. The highest BCUT2D eigenvalue weighted by Crippen LogP contribution is 2.38. The summed E-state index contributed by atoms with van der Waals surface area (Å²) in [6.07, 6.45) is -8.18. The van der Waals surface area contributed by atoms with Crippen molar-refractivity contribution in [3.63, 3.8) is 0 Å². The average molecular weight is 702 g/mol. The van der Waals surface area contributed by atoms with E-state index in [4.69, 9.17) is 4.74 Å². The van der Waals surface area contributed by atoms with Crippen LogP contribution in [0.3, 0.4) is 0 Å². The Morgan fingerprint density at radius 2 is 1.64 bits per heavy atom. The van der Waals surface area contributed by atoms with Crippen LogP contribution in [0, 0.1) is 10.1 Å². The third-order valence-electron chi connectivity index (χ3n) is 9.21. The van der Waals surface area contributed by atoms with Crippen LogP contribution in [0.4, 0.5) is 32.0 Å². The van der Waals surface area contributed by atoms with E-state index < -0.39 is 40.5 Å². The number of nitro benzene ring substituents is 1. The zero-order chi connectivity index (χ0) is 35.6. The Hall–Kier alpha value is -4.60. The lowest BCUT2D eigenvalue weighted by Crippen LogP contribution is -2.48. The molecule has 4 aromatic rings. The largest absolute Gasteiger partial charge is 0.416 e. The predicted molar refractivity (Wildman–Crippen MR) is 172 cm³/mol. The molecule has 264 valence electrons. The number of aromatic nitrogens is 1. The molecule has 0 aliphatic carbocycles. The lowest BCUT2D eigenvalue weighted by Gasteiger charge is -2.40. The number of pyridine rings is 1. The fourth-order valence-electron chi connectivity index (χ4n) is 6.71. The van der Waals surface area contributed by atoms with E-state index in [0.29, 0.717) is 26.3 Å². The van der Waals surface area contributed by atoms with Crippen molar-refractivity contribution in [1.82, 2.24) is 20.1 Å². The van der Waals surface area contributed by atoms with Gasteiger partial charge in [0, 0.05) is 54.3 Å². The Morgan fingerprint density at radius 1 is 0.940 bits per heavy atom. The number of nitrogens with one attached hydrogen (secondary N) is 1. The summed E-state index contributed by atoms with van der Waals surface area (Å²) in [5.74, 6) is -1.20. The normalized spacial score (nSPS) is 17.5. The first kappa shape index (κ1) is 35.2. The van der Waals surface area contributed by atoms with Gasteiger partial charge in [0.1, 0.15) is 0 Å². The van der Waals surface area contributed by atoms with Crippen molar-refractivity contribution >= 4 is 22.5 Å². The van der Waals surface area contributed by atoms with Crippen LogP contribution >= 0.6 is 0 Å². The molecule has 6 rings (SSSR count). The smallest absolute Gasteiger partial charge is 0.379 e. The summed E-state index contributed by atoms with van der Waals surface area (Å²) in [5.41, 5.74) is -1.99. The predicted octanol–water partition coefficient (Wildman–Crippen LogP) is 7.16. The molecule has 1 atom stereocenters. The number of alkyl halides is 6. The number of fused-ring (bicyclic) bond motifs is 1. The second-order valence-corrected chi connectivity index (χ2v) is 12.4. The van der Waals surface area contributed by atoms with Crippen molar-refractivity contribution in [2.24, 2.45) is 0 Å². The van der Waals surface area contributed by atoms with Gasteiger partial charge in [-0.15, -0.1) is 0 Å². The number of nitrogens with zero attached hydrogens (tertiary/aromatic N) is 4. The first-order valence-electron chi connectivity index (χ1n) is 16.0. The van der Waals surface area contributed by atoms with E-state index in [1.54, 1.807) is 0 Å². The van der Waals surface area contributed by atoms with E-state index in [-0.39, 0.29) is 51.4 Å². The molecule has 2 fully saturated rings. The summed E-state index contributed by atoms with van der Waals surface area (Å²) in [5, 5.41) is 13.8. The minimum Gasteiger partial charge on any atom is -0.379 e. The highest BCUT2D eigenvalue weighted by molar-refractivity contribution is 6.09. The fraction of sp³-hybridized carbons (Fsp3) is 0.371. The molecule has 0 spiro atoms. The number of halogens is 6. The number of benzene rings is 3. The van der Waals surface area contributed by atoms with Crippen molar-refractivity contribution in [2.45, 2.75) is 43.8 Å². The van der Waals surface area contributed by atoms with E-state index in [0.717, 1.165) is 50.2 Å². The molecular formula is C35H33F6N5O4. The van der Waals surface area contributed by atoms with Crippen molar-refractivity contribution in [1.29, 1.82) is 0 Å². The lowest BCUT2D eigenvalue weighted by molar-refractivity contribution is -0.384. The van der Waals surface area contributed by atoms with Gasteiger partial charge in [0.05, 0.1) is 40.5 Å². The first-order valence-corrected chi connectivity index (χ1v) is 16.0. The standard InChI is InChI=1S/C35H33F6N5O4/c36-34(37,38)24-8-4-7-23(19-24)31-28(21-44-13-11-25(12-14-44)45-15-17-50-18-16-45)30(27-20-26(46(48)49)9-10-29(27)42-31)33(47)43-32(35(39,40)41)22-5-2-1-3-6-22/h1-10,19-20,25,32H,11-18,21H2,(H,43,47). The summed E-state index contributed by atoms with van der Waals surface area (Å²) in [7, 11) is 0. The Labute approximate surface area is 283 Å². The highest BCUT2D eigenvalue weighted by Gasteiger charge is 2.43. The Morgan fingerprint density at radius 3 is 2.28 bits per heavy atom. The maximum absolute atomic E-state index is 14.5. The minimum atomic E-state index is -4.93. The van der Waals surface area contributed by atoms with Gasteiger partial charge in [-0.1, -0.05) is 42.5 Å². The zero-order valence-electron chi connectivity index (χ0n) is 26.6. The molecule has 2 aliphatic rings. The van der Waals surface area contributed by atoms with Gasteiger partial charge in [0.25, 0.3) is 11.6 Å². The van der Waals surface area contributed by atoms with Crippen molar-refractivity contribution in [3.8, 4) is 11.3 Å². The molecule has 1 amide bonds. The third kappa shape index (κ3) is 7.74. The molecule has 50 heavy (non-hydrogen) atoms. The van der Waals surface area contributed by atoms with Gasteiger partial charge in [-0.25, -0.2) is 4.98 Å². The van der Waals surface area contributed by atoms with E-state index in [2.05, 4.69) is 15.2 Å². The molecule has 1 unspecified atom stereocenters. The number of carbonyl (C=O) groups excluding carboxylic acids is 1. The molecule has 0 bridgehead atoms. The van der Waals surface area contributed by atoms with E-state index in [1.807, 2.05) is 4.90 Å². The number of non-ortho nitro benzene ring substituents is 1. The number of likely N-dealkylation sites (tertiary alicyclic amines) is 1. The number of piperidine rings is 1. The molecule has 2 aliphatic heterocycles. The number of carbonyl (C=O) groups is 1. The van der Waals surface area contributed by atoms with E-state index >= 15 is 0 Å². The number of rotatable bonds is 8. The first-order chi connectivity index (χ1) is 23.8. The van der Waals surface area contributed by atoms with Crippen LogP contribution < -0.4 is 5.32 Å². The molecule has 0 saturated carbocycles. The van der Waals surface area contributed by atoms with Crippen LogP contribution in [0.15, 0.2) is 72.8 Å². The summed E-state index contributed by atoms with van der Waals surface area (Å²) >= 11 is 0. The van der Waals surface area contributed by atoms with Crippen LogP contribution in [-0.4, -0.2) is 77.2 Å². The van der Waals surface area contributed by atoms with Crippen LogP contribution in [0.5, 0.6) is 0 Å². The Kier molecular flexibility index (Phi) is 10.1. The molecule has 3 heterocycles. The van der Waals surface area contributed by atoms with Crippen LogP contribution in [-0.2, 0) is 17.5 Å². The molecular weight excluding hydrogens is 668 g/mol. The summed E-state index contributed by atoms with van der Waals surface area (Å²) < 4.78 is 90.5.